The molecule has 0 aromatic carbocycles. The number of nitrogens with one attached hydrogen (secondary N) is 2. The van der Waals surface area contributed by atoms with Crippen LogP contribution in [0, 0.1) is 5.92 Å². The highest BCUT2D eigenvalue weighted by Gasteiger charge is 2.30. The van der Waals surface area contributed by atoms with Crippen LogP contribution in [0.25, 0.3) is 0 Å². The van der Waals surface area contributed by atoms with Gasteiger partial charge in [-0.1, -0.05) is 26.7 Å². The molecule has 0 aliphatic heterocycles. The number of hydrogen-bond donors (Lipinski definition) is 3. The van der Waals surface area contributed by atoms with Gasteiger partial charge in [-0.3, -0.25) is 4.21 Å². The summed E-state index contributed by atoms with van der Waals surface area (Å²) in [5.41, 5.74) is 0. The standard InChI is InChI=1S/C14H28N2O3S/c1-4-20(19)13-8-6-5-7-12(13)16-14(18)15-11(3)10(2)9-17/h10-13,17H,4-9H2,1-3H3,(H2,15,16,18)/t10-,11-,12+,13-,20+/m1/s1. The molecule has 0 aromatic heterocycles. The van der Waals surface area contributed by atoms with Crippen molar-refractivity contribution in [3.63, 3.8) is 0 Å². The van der Waals surface area contributed by atoms with Crippen molar-refractivity contribution in [2.45, 2.75) is 63.8 Å². The van der Waals surface area contributed by atoms with E-state index in [4.69, 9.17) is 5.11 Å². The zero-order valence-electron chi connectivity index (χ0n) is 12.7. The molecule has 0 spiro atoms. The largest absolute Gasteiger partial charge is 0.396 e. The fourth-order valence-electron chi connectivity index (χ4n) is 2.51. The molecule has 118 valence electrons. The molecule has 0 radical (unpaired) electrons. The minimum absolute atomic E-state index is 0.00108. The van der Waals surface area contributed by atoms with Crippen molar-refractivity contribution in [1.29, 1.82) is 0 Å². The molecular weight excluding hydrogens is 276 g/mol. The van der Waals surface area contributed by atoms with Gasteiger partial charge in [0.25, 0.3) is 0 Å². The molecule has 1 aliphatic carbocycles. The van der Waals surface area contributed by atoms with Crippen LogP contribution >= 0.6 is 0 Å². The summed E-state index contributed by atoms with van der Waals surface area (Å²) in [6, 6.07) is -0.303. The predicted molar refractivity (Wildman–Crippen MR) is 82.1 cm³/mol. The van der Waals surface area contributed by atoms with E-state index in [-0.39, 0.29) is 35.9 Å². The maximum atomic E-state index is 12.0. The van der Waals surface area contributed by atoms with E-state index in [1.807, 2.05) is 20.8 Å². The summed E-state index contributed by atoms with van der Waals surface area (Å²) in [6.45, 7) is 5.74. The molecule has 5 nitrogen and oxygen atoms in total. The van der Waals surface area contributed by atoms with Crippen molar-refractivity contribution in [2.75, 3.05) is 12.4 Å². The second-order valence-corrected chi connectivity index (χ2v) is 7.61. The van der Waals surface area contributed by atoms with Gasteiger partial charge in [0.15, 0.2) is 0 Å². The van der Waals surface area contributed by atoms with Crippen LogP contribution in [-0.4, -0.2) is 45.0 Å². The summed E-state index contributed by atoms with van der Waals surface area (Å²) in [5, 5.41) is 15.0. The average Bonchev–Trinajstić information content (AvgIpc) is 2.45. The van der Waals surface area contributed by atoms with Crippen LogP contribution in [0.4, 0.5) is 4.79 Å². The molecule has 1 saturated carbocycles. The summed E-state index contributed by atoms with van der Waals surface area (Å²) in [7, 11) is -0.865. The van der Waals surface area contributed by atoms with E-state index in [9.17, 15) is 9.00 Å². The highest BCUT2D eigenvalue weighted by Crippen LogP contribution is 2.23. The van der Waals surface area contributed by atoms with Gasteiger partial charge in [-0.15, -0.1) is 0 Å². The molecule has 0 saturated heterocycles. The van der Waals surface area contributed by atoms with Gasteiger partial charge >= 0.3 is 6.03 Å². The Morgan fingerprint density at radius 1 is 1.35 bits per heavy atom. The molecule has 1 rings (SSSR count). The third-order valence-electron chi connectivity index (χ3n) is 4.14. The third kappa shape index (κ3) is 5.05. The van der Waals surface area contributed by atoms with E-state index < -0.39 is 10.8 Å². The molecule has 0 bridgehead atoms. The number of urea groups is 1. The van der Waals surface area contributed by atoms with Crippen LogP contribution in [0.15, 0.2) is 0 Å². The van der Waals surface area contributed by atoms with E-state index in [0.29, 0.717) is 5.75 Å². The van der Waals surface area contributed by atoms with E-state index >= 15 is 0 Å². The minimum Gasteiger partial charge on any atom is -0.396 e. The highest BCUT2D eigenvalue weighted by molar-refractivity contribution is 7.85. The van der Waals surface area contributed by atoms with Crippen LogP contribution in [-0.2, 0) is 10.8 Å². The van der Waals surface area contributed by atoms with E-state index in [1.54, 1.807) is 0 Å². The molecule has 0 heterocycles. The zero-order chi connectivity index (χ0) is 15.1. The number of rotatable bonds is 6. The summed E-state index contributed by atoms with van der Waals surface area (Å²) < 4.78 is 12.0. The van der Waals surface area contributed by atoms with E-state index in [1.165, 1.54) is 0 Å². The van der Waals surface area contributed by atoms with Crippen molar-refractivity contribution >= 4 is 16.8 Å². The minimum atomic E-state index is -0.865. The zero-order valence-corrected chi connectivity index (χ0v) is 13.5. The van der Waals surface area contributed by atoms with Crippen LogP contribution in [0.5, 0.6) is 0 Å². The maximum absolute atomic E-state index is 12.0. The van der Waals surface area contributed by atoms with Crippen molar-refractivity contribution < 1.29 is 14.1 Å². The maximum Gasteiger partial charge on any atom is 0.315 e. The predicted octanol–water partition coefficient (Wildman–Crippen LogP) is 1.38. The fourth-order valence-corrected chi connectivity index (χ4v) is 3.94. The first-order valence-corrected chi connectivity index (χ1v) is 8.92. The molecule has 0 unspecified atom stereocenters. The number of carbonyl (C=O) groups excluding carboxylic acids is 1. The molecule has 6 heteroatoms. The Balaban J connectivity index is 2.52. The van der Waals surface area contributed by atoms with Crippen LogP contribution in [0.2, 0.25) is 0 Å². The summed E-state index contributed by atoms with van der Waals surface area (Å²) in [6.07, 6.45) is 3.99. The summed E-state index contributed by atoms with van der Waals surface area (Å²) >= 11 is 0. The number of amides is 2. The van der Waals surface area contributed by atoms with Gasteiger partial charge in [-0.25, -0.2) is 4.79 Å². The Labute approximate surface area is 124 Å². The van der Waals surface area contributed by atoms with E-state index in [2.05, 4.69) is 10.6 Å². The third-order valence-corrected chi connectivity index (χ3v) is 5.95. The van der Waals surface area contributed by atoms with Gasteiger partial charge in [-0.05, 0) is 25.7 Å². The number of aliphatic hydroxyl groups excluding tert-OH is 1. The Morgan fingerprint density at radius 3 is 2.60 bits per heavy atom. The van der Waals surface area contributed by atoms with Gasteiger partial charge in [0.05, 0.1) is 5.25 Å². The SMILES string of the molecule is CC[S@](=O)[C@@H]1CCCC[C@@H]1NC(=O)N[C@H](C)[C@H](C)CO. The molecule has 5 atom stereocenters. The van der Waals surface area contributed by atoms with Crippen molar-refractivity contribution in [3.05, 3.63) is 0 Å². The number of hydrogen-bond acceptors (Lipinski definition) is 3. The first kappa shape index (κ1) is 17.4. The first-order valence-electron chi connectivity index (χ1n) is 7.54. The quantitative estimate of drug-likeness (QED) is 0.694. The lowest BCUT2D eigenvalue weighted by molar-refractivity contribution is 0.197. The van der Waals surface area contributed by atoms with Gasteiger partial charge < -0.3 is 15.7 Å². The number of aliphatic hydroxyl groups is 1. The molecule has 1 fully saturated rings. The molecule has 2 amide bonds. The topological polar surface area (TPSA) is 78.4 Å². The molecule has 20 heavy (non-hydrogen) atoms. The van der Waals surface area contributed by atoms with Crippen LogP contribution in [0.3, 0.4) is 0 Å². The Hall–Kier alpha value is -0.620. The van der Waals surface area contributed by atoms with Crippen LogP contribution < -0.4 is 10.6 Å². The first-order chi connectivity index (χ1) is 9.49. The van der Waals surface area contributed by atoms with E-state index in [0.717, 1.165) is 25.7 Å². The molecule has 3 N–H and O–H groups in total. The second kappa shape index (κ2) is 8.62. The van der Waals surface area contributed by atoms with Gasteiger partial charge in [0.2, 0.25) is 0 Å². The average molecular weight is 304 g/mol. The molecule has 1 aliphatic rings. The summed E-state index contributed by atoms with van der Waals surface area (Å²) in [4.78, 5) is 12.0. The van der Waals surface area contributed by atoms with Gasteiger partial charge in [0, 0.05) is 35.2 Å². The monoisotopic (exact) mass is 304 g/mol. The van der Waals surface area contributed by atoms with Gasteiger partial charge in [0.1, 0.15) is 0 Å². The molecule has 0 aromatic rings. The highest BCUT2D eigenvalue weighted by atomic mass is 32.2. The Kier molecular flexibility index (Phi) is 7.51. The Morgan fingerprint density at radius 2 is 2.00 bits per heavy atom. The molecular formula is C14H28N2O3S. The van der Waals surface area contributed by atoms with Gasteiger partial charge in [-0.2, -0.15) is 0 Å². The summed E-state index contributed by atoms with van der Waals surface area (Å²) in [5.74, 6) is 0.662. The van der Waals surface area contributed by atoms with Crippen molar-refractivity contribution in [1.82, 2.24) is 10.6 Å². The normalized spacial score (nSPS) is 27.4. The second-order valence-electron chi connectivity index (χ2n) is 5.67. The lowest BCUT2D eigenvalue weighted by atomic mass is 9.95. The fraction of sp³-hybridized carbons (Fsp3) is 0.929. The Bertz CT molecular complexity index is 338. The lowest BCUT2D eigenvalue weighted by Gasteiger charge is -2.32. The lowest BCUT2D eigenvalue weighted by Crippen LogP contribution is -2.53. The number of carbonyl (C=O) groups is 1. The van der Waals surface area contributed by atoms with Crippen molar-refractivity contribution in [3.8, 4) is 0 Å². The van der Waals surface area contributed by atoms with Crippen molar-refractivity contribution in [2.24, 2.45) is 5.92 Å². The van der Waals surface area contributed by atoms with Crippen LogP contribution in [0.1, 0.15) is 46.5 Å². The smallest absolute Gasteiger partial charge is 0.315 e.